The summed E-state index contributed by atoms with van der Waals surface area (Å²) in [6.07, 6.45) is 0. The number of imidazole rings is 3. The van der Waals surface area contributed by atoms with Gasteiger partial charge in [0.15, 0.2) is 4.96 Å². The molecule has 4 aromatic carbocycles. The zero-order chi connectivity index (χ0) is 20.8. The summed E-state index contributed by atoms with van der Waals surface area (Å²) in [5.74, 6) is 0.929. The van der Waals surface area contributed by atoms with Crippen molar-refractivity contribution in [3.63, 3.8) is 0 Å². The summed E-state index contributed by atoms with van der Waals surface area (Å²) in [6, 6.07) is 31.8. The van der Waals surface area contributed by atoms with E-state index in [2.05, 4.69) is 92.2 Å². The maximum Gasteiger partial charge on any atom is 0.220 e. The van der Waals surface area contributed by atoms with Gasteiger partial charge in [0.1, 0.15) is 0 Å². The van der Waals surface area contributed by atoms with Crippen molar-refractivity contribution in [2.24, 2.45) is 0 Å². The molecule has 0 aliphatic rings. The smallest absolute Gasteiger partial charge is 0.220 e. The van der Waals surface area contributed by atoms with Crippen LogP contribution in [0, 0.1) is 0 Å². The molecule has 0 fully saturated rings. The monoisotopic (exact) mass is 429 g/mol. The van der Waals surface area contributed by atoms with E-state index in [1.54, 1.807) is 11.3 Å². The van der Waals surface area contributed by atoms with Gasteiger partial charge in [-0.05, 0) is 54.6 Å². The summed E-state index contributed by atoms with van der Waals surface area (Å²) >= 11 is 1.73. The Balaban J connectivity index is 1.48. The number of nitrogens with zero attached hydrogens (tertiary/aromatic N) is 5. The molecule has 0 saturated heterocycles. The second-order valence-electron chi connectivity index (χ2n) is 8.03. The first kappa shape index (κ1) is 16.5. The van der Waals surface area contributed by atoms with Gasteiger partial charge in [-0.15, -0.1) is 0 Å². The summed E-state index contributed by atoms with van der Waals surface area (Å²) < 4.78 is 7.98. The van der Waals surface area contributed by atoms with Crippen molar-refractivity contribution in [2.45, 2.75) is 0 Å². The predicted molar refractivity (Wildman–Crippen MR) is 131 cm³/mol. The average Bonchev–Trinajstić information content (AvgIpc) is 3.54. The van der Waals surface area contributed by atoms with Crippen molar-refractivity contribution in [3.8, 4) is 5.69 Å². The van der Waals surface area contributed by atoms with Gasteiger partial charge in [0.25, 0.3) is 0 Å². The largest absolute Gasteiger partial charge is 0.283 e. The van der Waals surface area contributed by atoms with Crippen molar-refractivity contribution >= 4 is 65.4 Å². The minimum Gasteiger partial charge on any atom is -0.283 e. The van der Waals surface area contributed by atoms with Crippen molar-refractivity contribution in [1.82, 2.24) is 23.3 Å². The Morgan fingerprint density at radius 2 is 1.22 bits per heavy atom. The van der Waals surface area contributed by atoms with E-state index in [9.17, 15) is 0 Å². The standard InChI is InChI=1S/C26H15N5S/c1-3-9-19-17(7-1)27-25-29(21-11-5-6-12-22(21)30(19)25)16-13-14-23-24(15-16)32-26-28-18-8-2-4-10-20(18)31(23)26/h1-15H. The highest BCUT2D eigenvalue weighted by molar-refractivity contribution is 7.23. The Labute approximate surface area is 185 Å². The second kappa shape index (κ2) is 5.75. The Morgan fingerprint density at radius 3 is 2.03 bits per heavy atom. The van der Waals surface area contributed by atoms with Gasteiger partial charge in [-0.2, -0.15) is 0 Å². The highest BCUT2D eigenvalue weighted by Gasteiger charge is 2.18. The van der Waals surface area contributed by atoms with Crippen molar-refractivity contribution in [2.75, 3.05) is 0 Å². The third-order valence-corrected chi connectivity index (χ3v) is 7.28. The fraction of sp³-hybridized carbons (Fsp3) is 0. The molecule has 0 unspecified atom stereocenters. The van der Waals surface area contributed by atoms with Gasteiger partial charge >= 0.3 is 0 Å². The molecule has 150 valence electrons. The number of fused-ring (bicyclic) bond motifs is 10. The fourth-order valence-corrected chi connectivity index (χ4v) is 5.99. The predicted octanol–water partition coefficient (Wildman–Crippen LogP) is 6.45. The Bertz CT molecular complexity index is 2000. The maximum atomic E-state index is 4.99. The van der Waals surface area contributed by atoms with E-state index in [4.69, 9.17) is 9.97 Å². The molecule has 0 amide bonds. The first-order chi connectivity index (χ1) is 15.9. The van der Waals surface area contributed by atoms with Gasteiger partial charge in [0, 0.05) is 0 Å². The van der Waals surface area contributed by atoms with E-state index >= 15 is 0 Å². The lowest BCUT2D eigenvalue weighted by molar-refractivity contribution is 1.11. The number of benzene rings is 4. The van der Waals surface area contributed by atoms with Crippen LogP contribution in [-0.4, -0.2) is 23.3 Å². The van der Waals surface area contributed by atoms with Crippen LogP contribution in [-0.2, 0) is 0 Å². The highest BCUT2D eigenvalue weighted by Crippen LogP contribution is 2.34. The van der Waals surface area contributed by atoms with Gasteiger partial charge in [-0.3, -0.25) is 13.4 Å². The minimum atomic E-state index is 0.929. The summed E-state index contributed by atoms with van der Waals surface area (Å²) in [5.41, 5.74) is 8.90. The molecule has 8 rings (SSSR count). The van der Waals surface area contributed by atoms with E-state index in [0.29, 0.717) is 0 Å². The van der Waals surface area contributed by atoms with Crippen LogP contribution >= 0.6 is 11.3 Å². The quantitative estimate of drug-likeness (QED) is 0.301. The zero-order valence-electron chi connectivity index (χ0n) is 16.8. The molecule has 4 aromatic heterocycles. The minimum absolute atomic E-state index is 0.929. The van der Waals surface area contributed by atoms with Gasteiger partial charge < -0.3 is 0 Å². The third-order valence-electron chi connectivity index (χ3n) is 6.28. The lowest BCUT2D eigenvalue weighted by Gasteiger charge is -2.05. The topological polar surface area (TPSA) is 39.5 Å². The van der Waals surface area contributed by atoms with Crippen LogP contribution in [0.5, 0.6) is 0 Å². The molecule has 4 heterocycles. The number of hydrogen-bond acceptors (Lipinski definition) is 3. The normalized spacial score (nSPS) is 12.4. The Morgan fingerprint density at radius 1 is 0.562 bits per heavy atom. The van der Waals surface area contributed by atoms with Crippen molar-refractivity contribution in [3.05, 3.63) is 91.0 Å². The van der Waals surface area contributed by atoms with E-state index in [0.717, 1.165) is 49.5 Å². The van der Waals surface area contributed by atoms with Crippen LogP contribution in [0.15, 0.2) is 91.0 Å². The summed E-state index contributed by atoms with van der Waals surface area (Å²) in [4.78, 5) is 10.8. The maximum absolute atomic E-state index is 4.99. The number of aromatic nitrogens is 5. The molecule has 0 spiro atoms. The van der Waals surface area contributed by atoms with E-state index in [1.165, 1.54) is 10.2 Å². The zero-order valence-corrected chi connectivity index (χ0v) is 17.6. The molecular weight excluding hydrogens is 414 g/mol. The molecule has 6 heteroatoms. The van der Waals surface area contributed by atoms with E-state index < -0.39 is 0 Å². The van der Waals surface area contributed by atoms with Crippen LogP contribution < -0.4 is 0 Å². The molecule has 5 nitrogen and oxygen atoms in total. The van der Waals surface area contributed by atoms with Gasteiger partial charge in [0.05, 0.1) is 49.0 Å². The Hall–Kier alpha value is -4.16. The number of rotatable bonds is 1. The third kappa shape index (κ3) is 1.98. The lowest BCUT2D eigenvalue weighted by atomic mass is 10.2. The number of thiazole rings is 1. The number of para-hydroxylation sites is 6. The lowest BCUT2D eigenvalue weighted by Crippen LogP contribution is -1.95. The van der Waals surface area contributed by atoms with Crippen molar-refractivity contribution in [1.29, 1.82) is 0 Å². The molecule has 32 heavy (non-hydrogen) atoms. The summed E-state index contributed by atoms with van der Waals surface area (Å²) in [6.45, 7) is 0. The van der Waals surface area contributed by atoms with Gasteiger partial charge in [-0.25, -0.2) is 9.97 Å². The highest BCUT2D eigenvalue weighted by atomic mass is 32.1. The molecule has 8 aromatic rings. The van der Waals surface area contributed by atoms with Crippen molar-refractivity contribution < 1.29 is 0 Å². The average molecular weight is 430 g/mol. The van der Waals surface area contributed by atoms with Gasteiger partial charge in [-0.1, -0.05) is 47.7 Å². The van der Waals surface area contributed by atoms with Crippen LogP contribution in [0.3, 0.4) is 0 Å². The first-order valence-corrected chi connectivity index (χ1v) is 11.4. The van der Waals surface area contributed by atoms with Gasteiger partial charge in [0.2, 0.25) is 5.78 Å². The summed E-state index contributed by atoms with van der Waals surface area (Å²) in [5, 5.41) is 0. The second-order valence-corrected chi connectivity index (χ2v) is 9.04. The summed E-state index contributed by atoms with van der Waals surface area (Å²) in [7, 11) is 0. The SMILES string of the molecule is c1ccc2c(c1)nc1sc3cc(-n4c5ccccc5n5c6ccccc6nc45)ccc3n12. The first-order valence-electron chi connectivity index (χ1n) is 10.5. The Kier molecular flexibility index (Phi) is 2.97. The van der Waals surface area contributed by atoms with E-state index in [-0.39, 0.29) is 0 Å². The number of hydrogen-bond donors (Lipinski definition) is 0. The molecule has 0 atom stereocenters. The van der Waals surface area contributed by atoms with Crippen LogP contribution in [0.25, 0.3) is 59.7 Å². The van der Waals surface area contributed by atoms with E-state index in [1.807, 2.05) is 12.1 Å². The molecule has 0 aliphatic heterocycles. The molecular formula is C26H15N5S. The van der Waals surface area contributed by atoms with Crippen LogP contribution in [0.4, 0.5) is 0 Å². The van der Waals surface area contributed by atoms with Crippen LogP contribution in [0.2, 0.25) is 0 Å². The fourth-order valence-electron chi connectivity index (χ4n) is 4.92. The molecule has 0 aliphatic carbocycles. The molecule has 0 N–H and O–H groups in total. The molecule has 0 radical (unpaired) electrons. The molecule has 0 bridgehead atoms. The van der Waals surface area contributed by atoms with Crippen LogP contribution in [0.1, 0.15) is 0 Å². The molecule has 0 saturated carbocycles.